The van der Waals surface area contributed by atoms with E-state index in [-0.39, 0.29) is 36.4 Å². The smallest absolute Gasteiger partial charge is 0.187 e. The molecule has 3 saturated carbocycles. The Morgan fingerprint density at radius 1 is 0.683 bits per heavy atom. The molecule has 1 spiro atoms. The number of aliphatic hydroxyl groups is 8. The Morgan fingerprint density at radius 3 is 2.12 bits per heavy atom. The summed E-state index contributed by atoms with van der Waals surface area (Å²) in [4.78, 5) is 0. The molecular formula is C44H70O16. The lowest BCUT2D eigenvalue weighted by atomic mass is 9.46. The van der Waals surface area contributed by atoms with E-state index in [2.05, 4.69) is 33.8 Å². The van der Waals surface area contributed by atoms with Gasteiger partial charge >= 0.3 is 0 Å². The maximum absolute atomic E-state index is 11.6. The molecule has 0 unspecified atom stereocenters. The van der Waals surface area contributed by atoms with Crippen molar-refractivity contribution in [2.45, 2.75) is 203 Å². The first kappa shape index (κ1) is 44.3. The number of ether oxygens (including phenoxy) is 8. The third-order valence-corrected chi connectivity index (χ3v) is 17.3. The average Bonchev–Trinajstić information content (AvgIpc) is 3.66. The van der Waals surface area contributed by atoms with Gasteiger partial charge < -0.3 is 78.7 Å². The van der Waals surface area contributed by atoms with Gasteiger partial charge in [-0.3, -0.25) is 0 Å². The zero-order valence-electron chi connectivity index (χ0n) is 35.8. The van der Waals surface area contributed by atoms with Gasteiger partial charge in [0.1, 0.15) is 54.9 Å². The molecular weight excluding hydrogens is 784 g/mol. The standard InChI is InChI=1S/C44H70O16/c1-18-9-12-44(54-16-18)19(2)30-28(60-44)15-26-24-8-7-22-13-23(45)14-29(43(22,6)25(24)10-11-42(26,30)5)57-41-38(59-40-36(52)34(50)31(47)20(3)55-40)37(32(48)21(4)56-41)58-39-35(51)33(49)27(46)17-53-39/h7,18-21,23-41,45-52H,8-17H2,1-6H3/t18-,19+,20+,21-,23-,24+,25-,26+,27-,28+,29-,30+,31+,32+,33+,34-,35-,36-,37+,38-,39+,40+,41+,42+,43+,44-/m1/s1. The van der Waals surface area contributed by atoms with Crippen LogP contribution in [0, 0.1) is 46.3 Å². The molecule has 8 N–H and O–H groups in total. The van der Waals surface area contributed by atoms with E-state index in [0.29, 0.717) is 30.1 Å². The van der Waals surface area contributed by atoms with Crippen molar-refractivity contribution in [1.82, 2.24) is 0 Å². The number of hydrogen-bond donors (Lipinski definition) is 8. The van der Waals surface area contributed by atoms with E-state index in [4.69, 9.17) is 37.9 Å². The van der Waals surface area contributed by atoms with Gasteiger partial charge in [0.05, 0.1) is 43.7 Å². The number of aliphatic hydroxyl groups excluding tert-OH is 8. The quantitative estimate of drug-likeness (QED) is 0.173. The Labute approximate surface area is 352 Å². The van der Waals surface area contributed by atoms with E-state index in [1.807, 2.05) is 0 Å². The first-order valence-electron chi connectivity index (χ1n) is 22.7. The summed E-state index contributed by atoms with van der Waals surface area (Å²) in [6, 6.07) is 0. The van der Waals surface area contributed by atoms with Crippen LogP contribution in [0.4, 0.5) is 0 Å². The van der Waals surface area contributed by atoms with Crippen LogP contribution in [-0.4, -0.2) is 164 Å². The van der Waals surface area contributed by atoms with E-state index < -0.39 is 109 Å². The monoisotopic (exact) mass is 854 g/mol. The first-order valence-corrected chi connectivity index (χ1v) is 22.7. The lowest BCUT2D eigenvalue weighted by Crippen LogP contribution is -2.66. The van der Waals surface area contributed by atoms with E-state index in [9.17, 15) is 40.9 Å². The van der Waals surface area contributed by atoms with Crippen LogP contribution < -0.4 is 0 Å². The van der Waals surface area contributed by atoms with E-state index in [1.165, 1.54) is 6.92 Å². The highest BCUT2D eigenvalue weighted by molar-refractivity contribution is 5.29. The Hall–Kier alpha value is -0.900. The number of rotatable bonds is 6. The molecule has 9 rings (SSSR count). The highest BCUT2D eigenvalue weighted by atomic mass is 16.8. The summed E-state index contributed by atoms with van der Waals surface area (Å²) in [5.74, 6) is 1.67. The minimum atomic E-state index is -1.72. The number of allylic oxidation sites excluding steroid dienone is 1. The van der Waals surface area contributed by atoms with Crippen LogP contribution in [0.5, 0.6) is 0 Å². The van der Waals surface area contributed by atoms with Gasteiger partial charge in [-0.2, -0.15) is 0 Å². The van der Waals surface area contributed by atoms with Crippen molar-refractivity contribution in [2.24, 2.45) is 46.3 Å². The average molecular weight is 855 g/mol. The molecule has 0 aromatic rings. The molecule has 5 heterocycles. The second-order valence-electron chi connectivity index (χ2n) is 20.7. The summed E-state index contributed by atoms with van der Waals surface area (Å²) >= 11 is 0. The molecule has 5 saturated heterocycles. The van der Waals surface area contributed by atoms with Crippen molar-refractivity contribution < 1.29 is 78.7 Å². The lowest BCUT2D eigenvalue weighted by molar-refractivity contribution is -0.391. The lowest BCUT2D eigenvalue weighted by Gasteiger charge is -2.60. The zero-order valence-corrected chi connectivity index (χ0v) is 35.8. The fourth-order valence-corrected chi connectivity index (χ4v) is 13.8. The molecule has 0 amide bonds. The van der Waals surface area contributed by atoms with Crippen LogP contribution >= 0.6 is 0 Å². The molecule has 0 radical (unpaired) electrons. The summed E-state index contributed by atoms with van der Waals surface area (Å²) in [5.41, 5.74) is 0.681. The summed E-state index contributed by atoms with van der Waals surface area (Å²) in [6.45, 7) is 12.8. The predicted octanol–water partition coefficient (Wildman–Crippen LogP) is 0.852. The fourth-order valence-electron chi connectivity index (χ4n) is 13.8. The zero-order chi connectivity index (χ0) is 42.8. The number of hydrogen-bond acceptors (Lipinski definition) is 16. The van der Waals surface area contributed by atoms with Crippen LogP contribution in [0.3, 0.4) is 0 Å². The molecule has 4 aliphatic carbocycles. The van der Waals surface area contributed by atoms with Crippen LogP contribution in [0.2, 0.25) is 0 Å². The van der Waals surface area contributed by atoms with Crippen LogP contribution in [-0.2, 0) is 37.9 Å². The van der Waals surface area contributed by atoms with Gasteiger partial charge in [-0.05, 0) is 87.4 Å². The van der Waals surface area contributed by atoms with Gasteiger partial charge in [0.15, 0.2) is 24.7 Å². The van der Waals surface area contributed by atoms with Crippen molar-refractivity contribution in [3.8, 4) is 0 Å². The first-order chi connectivity index (χ1) is 28.4. The van der Waals surface area contributed by atoms with Crippen molar-refractivity contribution in [3.63, 3.8) is 0 Å². The molecule has 0 aromatic heterocycles. The summed E-state index contributed by atoms with van der Waals surface area (Å²) < 4.78 is 51.1. The Kier molecular flexibility index (Phi) is 12.0. The Balaban J connectivity index is 1.01. The fraction of sp³-hybridized carbons (Fsp3) is 0.955. The second-order valence-corrected chi connectivity index (χ2v) is 20.7. The van der Waals surface area contributed by atoms with Crippen molar-refractivity contribution >= 4 is 0 Å². The van der Waals surface area contributed by atoms with Crippen molar-refractivity contribution in [1.29, 1.82) is 0 Å². The Bertz CT molecular complexity index is 1580. The second kappa shape index (κ2) is 16.2. The molecule has 16 nitrogen and oxygen atoms in total. The minimum Gasteiger partial charge on any atom is -0.393 e. The number of fused-ring (bicyclic) bond motifs is 7. The van der Waals surface area contributed by atoms with Crippen LogP contribution in [0.25, 0.3) is 0 Å². The van der Waals surface area contributed by atoms with Gasteiger partial charge in [0.25, 0.3) is 0 Å². The summed E-state index contributed by atoms with van der Waals surface area (Å²) in [5, 5.41) is 86.8. The molecule has 0 aromatic carbocycles. The largest absolute Gasteiger partial charge is 0.393 e. The maximum Gasteiger partial charge on any atom is 0.187 e. The highest BCUT2D eigenvalue weighted by Gasteiger charge is 2.69. The van der Waals surface area contributed by atoms with Gasteiger partial charge in [0, 0.05) is 24.2 Å². The molecule has 342 valence electrons. The summed E-state index contributed by atoms with van der Waals surface area (Å²) in [7, 11) is 0. The maximum atomic E-state index is 11.6. The van der Waals surface area contributed by atoms with Crippen LogP contribution in [0.1, 0.15) is 92.9 Å². The van der Waals surface area contributed by atoms with Gasteiger partial charge in [0.2, 0.25) is 0 Å². The summed E-state index contributed by atoms with van der Waals surface area (Å²) in [6.07, 6.45) is -12.0. The molecule has 9 aliphatic rings. The molecule has 16 heteroatoms. The normalized spacial score (nSPS) is 59.2. The third-order valence-electron chi connectivity index (χ3n) is 17.3. The topological polar surface area (TPSA) is 236 Å². The van der Waals surface area contributed by atoms with Crippen molar-refractivity contribution in [2.75, 3.05) is 13.2 Å². The minimum absolute atomic E-state index is 0.0699. The molecule has 0 bridgehead atoms. The van der Waals surface area contributed by atoms with Crippen molar-refractivity contribution in [3.05, 3.63) is 11.6 Å². The van der Waals surface area contributed by atoms with Crippen LogP contribution in [0.15, 0.2) is 11.6 Å². The Morgan fingerprint density at radius 2 is 1.38 bits per heavy atom. The third kappa shape index (κ3) is 7.01. The van der Waals surface area contributed by atoms with Gasteiger partial charge in [-0.15, -0.1) is 0 Å². The highest BCUT2D eigenvalue weighted by Crippen LogP contribution is 2.71. The molecule has 8 fully saturated rings. The van der Waals surface area contributed by atoms with E-state index in [0.717, 1.165) is 50.7 Å². The SMILES string of the molecule is C[C@@H]1CC[C@@]2(OC1)O[C@H]1C[C@H]3[C@H]4CC=C5C[C@@H](O)C[C@@H](O[C@@H]6O[C@H](C)[C@H](O)[C@H](O[C@@H]7OC[C@@H](O)[C@H](O)[C@H]7O)[C@H]6O[C@@H]6O[C@@H](C)[C@H](O)[C@@H](O)[C@H]6O)[C@]5(C)[C@@H]4CC[C@]3(C)[C@H]1[C@@H]2C. The molecule has 5 aliphatic heterocycles. The molecule has 60 heavy (non-hydrogen) atoms. The van der Waals surface area contributed by atoms with Gasteiger partial charge in [-0.1, -0.05) is 39.3 Å². The van der Waals surface area contributed by atoms with E-state index >= 15 is 0 Å². The predicted molar refractivity (Wildman–Crippen MR) is 208 cm³/mol. The van der Waals surface area contributed by atoms with E-state index in [1.54, 1.807) is 6.92 Å². The molecule has 26 atom stereocenters. The van der Waals surface area contributed by atoms with Gasteiger partial charge in [-0.25, -0.2) is 0 Å².